The molecule has 1 saturated carbocycles. The second-order valence-electron chi connectivity index (χ2n) is 6.46. The second kappa shape index (κ2) is 6.39. The van der Waals surface area contributed by atoms with Gasteiger partial charge < -0.3 is 0 Å². The lowest BCUT2D eigenvalue weighted by Crippen LogP contribution is -2.31. The molecule has 0 atom stereocenters. The van der Waals surface area contributed by atoms with E-state index < -0.39 is 10.0 Å². The Bertz CT molecular complexity index is 741. The number of benzene rings is 2. The van der Waals surface area contributed by atoms with Crippen molar-refractivity contribution in [2.24, 2.45) is 11.8 Å². The smallest absolute Gasteiger partial charge is 0.211 e. The zero-order valence-corrected chi connectivity index (χ0v) is 13.8. The van der Waals surface area contributed by atoms with E-state index >= 15 is 0 Å². The van der Waals surface area contributed by atoms with Gasteiger partial charge in [-0.3, -0.25) is 0 Å². The average Bonchev–Trinajstić information content (AvgIpc) is 2.54. The third kappa shape index (κ3) is 3.33. The maximum atomic E-state index is 12.6. The molecule has 3 rings (SSSR count). The number of hydrogen-bond donors (Lipinski definition) is 1. The summed E-state index contributed by atoms with van der Waals surface area (Å²) < 4.78 is 28.1. The molecule has 0 heterocycles. The van der Waals surface area contributed by atoms with E-state index in [9.17, 15) is 8.42 Å². The predicted octanol–water partition coefficient (Wildman–Crippen LogP) is 3.94. The van der Waals surface area contributed by atoms with Crippen LogP contribution >= 0.6 is 0 Å². The number of nitrogens with one attached hydrogen (secondary N) is 1. The van der Waals surface area contributed by atoms with Crippen LogP contribution in [0.5, 0.6) is 0 Å². The molecule has 0 aromatic heterocycles. The van der Waals surface area contributed by atoms with Crippen LogP contribution in [0.25, 0.3) is 10.8 Å². The summed E-state index contributed by atoms with van der Waals surface area (Å²) in [5, 5.41) is 1.74. The normalized spacial score (nSPS) is 22.8. The van der Waals surface area contributed by atoms with Crippen LogP contribution in [0.1, 0.15) is 32.6 Å². The van der Waals surface area contributed by atoms with Gasteiger partial charge in [-0.1, -0.05) is 56.2 Å². The fourth-order valence-corrected chi connectivity index (χ4v) is 4.61. The van der Waals surface area contributed by atoms with Gasteiger partial charge in [-0.05, 0) is 36.1 Å². The van der Waals surface area contributed by atoms with Gasteiger partial charge in [-0.25, -0.2) is 13.1 Å². The van der Waals surface area contributed by atoms with Crippen LogP contribution in [-0.4, -0.2) is 15.0 Å². The van der Waals surface area contributed by atoms with Crippen LogP contribution in [0.15, 0.2) is 47.4 Å². The first-order valence-corrected chi connectivity index (χ1v) is 9.52. The van der Waals surface area contributed by atoms with Gasteiger partial charge >= 0.3 is 0 Å². The average molecular weight is 317 g/mol. The first kappa shape index (κ1) is 15.5. The van der Waals surface area contributed by atoms with Crippen molar-refractivity contribution in [3.05, 3.63) is 42.5 Å². The molecule has 1 fully saturated rings. The summed E-state index contributed by atoms with van der Waals surface area (Å²) >= 11 is 0. The van der Waals surface area contributed by atoms with Crippen molar-refractivity contribution >= 4 is 20.8 Å². The quantitative estimate of drug-likeness (QED) is 0.928. The first-order chi connectivity index (χ1) is 10.6. The molecule has 0 bridgehead atoms. The van der Waals surface area contributed by atoms with Gasteiger partial charge in [0.15, 0.2) is 0 Å². The summed E-state index contributed by atoms with van der Waals surface area (Å²) in [6.45, 7) is 2.83. The van der Waals surface area contributed by atoms with Gasteiger partial charge in [0, 0.05) is 11.9 Å². The number of fused-ring (bicyclic) bond motifs is 1. The Hall–Kier alpha value is -1.39. The molecule has 0 unspecified atom stereocenters. The van der Waals surface area contributed by atoms with Crippen LogP contribution in [0, 0.1) is 11.8 Å². The summed E-state index contributed by atoms with van der Waals surface area (Å²) in [5.74, 6) is 1.26. The molecule has 0 saturated heterocycles. The highest BCUT2D eigenvalue weighted by atomic mass is 32.2. The van der Waals surface area contributed by atoms with Gasteiger partial charge in [0.05, 0.1) is 4.90 Å². The molecule has 1 aliphatic carbocycles. The van der Waals surface area contributed by atoms with Crippen molar-refractivity contribution in [3.8, 4) is 0 Å². The zero-order valence-electron chi connectivity index (χ0n) is 13.0. The maximum Gasteiger partial charge on any atom is 0.241 e. The third-order valence-electron chi connectivity index (χ3n) is 4.74. The van der Waals surface area contributed by atoms with Gasteiger partial charge in [-0.15, -0.1) is 0 Å². The summed E-state index contributed by atoms with van der Waals surface area (Å²) in [7, 11) is -3.45. The lowest BCUT2D eigenvalue weighted by atomic mass is 9.83. The molecule has 2 aromatic rings. The van der Waals surface area contributed by atoms with Crippen molar-refractivity contribution in [2.45, 2.75) is 37.5 Å². The molecule has 1 N–H and O–H groups in total. The van der Waals surface area contributed by atoms with Gasteiger partial charge in [0.1, 0.15) is 0 Å². The van der Waals surface area contributed by atoms with E-state index in [1.165, 1.54) is 12.8 Å². The Morgan fingerprint density at radius 2 is 1.68 bits per heavy atom. The molecule has 0 radical (unpaired) electrons. The first-order valence-electron chi connectivity index (χ1n) is 8.04. The van der Waals surface area contributed by atoms with E-state index in [1.807, 2.05) is 30.3 Å². The molecule has 4 heteroatoms. The Labute approximate surface area is 132 Å². The fraction of sp³-hybridized carbons (Fsp3) is 0.444. The molecule has 1 aliphatic rings. The second-order valence-corrected chi connectivity index (χ2v) is 8.19. The van der Waals surface area contributed by atoms with Crippen molar-refractivity contribution in [1.82, 2.24) is 4.72 Å². The molecule has 22 heavy (non-hydrogen) atoms. The van der Waals surface area contributed by atoms with Crippen LogP contribution < -0.4 is 4.72 Å². The van der Waals surface area contributed by atoms with Crippen molar-refractivity contribution < 1.29 is 8.42 Å². The van der Waals surface area contributed by atoms with Crippen LogP contribution in [0.3, 0.4) is 0 Å². The van der Waals surface area contributed by atoms with E-state index in [-0.39, 0.29) is 0 Å². The highest BCUT2D eigenvalue weighted by Crippen LogP contribution is 2.28. The number of sulfonamides is 1. The Morgan fingerprint density at radius 3 is 2.45 bits per heavy atom. The maximum absolute atomic E-state index is 12.6. The summed E-state index contributed by atoms with van der Waals surface area (Å²) in [5.41, 5.74) is 0. The molecular formula is C18H23NO2S. The van der Waals surface area contributed by atoms with E-state index in [2.05, 4.69) is 11.6 Å². The molecule has 3 nitrogen and oxygen atoms in total. The lowest BCUT2D eigenvalue weighted by molar-refractivity contribution is 0.290. The third-order valence-corrected chi connectivity index (χ3v) is 6.22. The SMILES string of the molecule is CC1CCC(CNS(=O)(=O)c2cccc3ccccc23)CC1. The highest BCUT2D eigenvalue weighted by molar-refractivity contribution is 7.89. The lowest BCUT2D eigenvalue weighted by Gasteiger charge is -2.26. The summed E-state index contributed by atoms with van der Waals surface area (Å²) in [6, 6.07) is 13.0. The standard InChI is InChI=1S/C18H23NO2S/c1-14-9-11-15(12-10-14)13-19-22(20,21)18-8-4-6-16-5-2-3-7-17(16)18/h2-8,14-15,19H,9-13H2,1H3. The van der Waals surface area contributed by atoms with Crippen LogP contribution in [0.4, 0.5) is 0 Å². The van der Waals surface area contributed by atoms with E-state index in [0.717, 1.165) is 29.5 Å². The predicted molar refractivity (Wildman–Crippen MR) is 90.3 cm³/mol. The topological polar surface area (TPSA) is 46.2 Å². The molecule has 0 spiro atoms. The summed E-state index contributed by atoms with van der Waals surface area (Å²) in [6.07, 6.45) is 4.67. The van der Waals surface area contributed by atoms with Crippen molar-refractivity contribution in [3.63, 3.8) is 0 Å². The minimum Gasteiger partial charge on any atom is -0.211 e. The summed E-state index contributed by atoms with van der Waals surface area (Å²) in [4.78, 5) is 0.384. The van der Waals surface area contributed by atoms with Crippen LogP contribution in [0.2, 0.25) is 0 Å². The minimum atomic E-state index is -3.45. The van der Waals surface area contributed by atoms with Gasteiger partial charge in [0.25, 0.3) is 0 Å². The monoisotopic (exact) mass is 317 g/mol. The number of hydrogen-bond acceptors (Lipinski definition) is 2. The Kier molecular flexibility index (Phi) is 4.50. The number of rotatable bonds is 4. The van der Waals surface area contributed by atoms with Crippen LogP contribution in [-0.2, 0) is 10.0 Å². The molecular weight excluding hydrogens is 294 g/mol. The minimum absolute atomic E-state index is 0.384. The van der Waals surface area contributed by atoms with Gasteiger partial charge in [-0.2, -0.15) is 0 Å². The Morgan fingerprint density at radius 1 is 1.00 bits per heavy atom. The van der Waals surface area contributed by atoms with E-state index in [0.29, 0.717) is 17.4 Å². The van der Waals surface area contributed by atoms with Crippen molar-refractivity contribution in [1.29, 1.82) is 0 Å². The van der Waals surface area contributed by atoms with Crippen molar-refractivity contribution in [2.75, 3.05) is 6.54 Å². The molecule has 0 amide bonds. The van der Waals surface area contributed by atoms with E-state index in [1.54, 1.807) is 12.1 Å². The largest absolute Gasteiger partial charge is 0.241 e. The molecule has 118 valence electrons. The zero-order chi connectivity index (χ0) is 15.6. The van der Waals surface area contributed by atoms with Gasteiger partial charge in [0.2, 0.25) is 10.0 Å². The fourth-order valence-electron chi connectivity index (χ4n) is 3.27. The molecule has 0 aliphatic heterocycles. The highest BCUT2D eigenvalue weighted by Gasteiger charge is 2.22. The Balaban J connectivity index is 1.77. The van der Waals surface area contributed by atoms with E-state index in [4.69, 9.17) is 0 Å². The molecule has 2 aromatic carbocycles.